The van der Waals surface area contributed by atoms with Crippen LogP contribution in [0.4, 0.5) is 0 Å². The number of hydrogen-bond acceptors (Lipinski definition) is 4. The van der Waals surface area contributed by atoms with E-state index in [9.17, 15) is 13.2 Å². The van der Waals surface area contributed by atoms with Crippen LogP contribution in [0.1, 0.15) is 19.3 Å². The maximum atomic E-state index is 13.0. The highest BCUT2D eigenvalue weighted by molar-refractivity contribution is 7.89. The largest absolute Gasteiger partial charge is 0.340 e. The molecule has 27 heavy (non-hydrogen) atoms. The van der Waals surface area contributed by atoms with E-state index in [-0.39, 0.29) is 17.9 Å². The number of rotatable bonds is 3. The van der Waals surface area contributed by atoms with Crippen molar-refractivity contribution < 1.29 is 13.2 Å². The van der Waals surface area contributed by atoms with Crippen LogP contribution in [0.3, 0.4) is 0 Å². The van der Waals surface area contributed by atoms with Gasteiger partial charge in [-0.15, -0.1) is 0 Å². The summed E-state index contributed by atoms with van der Waals surface area (Å²) < 4.78 is 27.5. The second-order valence-corrected chi connectivity index (χ2v) is 9.45. The van der Waals surface area contributed by atoms with Gasteiger partial charge in [-0.2, -0.15) is 4.31 Å². The van der Waals surface area contributed by atoms with Gasteiger partial charge in [-0.25, -0.2) is 8.42 Å². The van der Waals surface area contributed by atoms with Crippen molar-refractivity contribution in [1.82, 2.24) is 9.21 Å². The number of carbonyl (C=O) groups is 1. The summed E-state index contributed by atoms with van der Waals surface area (Å²) in [7, 11) is -3.56. The zero-order chi connectivity index (χ0) is 19.0. The second kappa shape index (κ2) is 7.22. The first-order valence-electron chi connectivity index (χ1n) is 9.48. The summed E-state index contributed by atoms with van der Waals surface area (Å²) in [5.41, 5.74) is 5.92. The molecular formula is C20H25N3O3S. The Hall–Kier alpha value is -1.96. The number of fused-ring (bicyclic) bond motifs is 1. The molecule has 2 atom stereocenters. The number of nitrogens with zero attached hydrogens (tertiary/aromatic N) is 2. The molecule has 7 heteroatoms. The summed E-state index contributed by atoms with van der Waals surface area (Å²) in [4.78, 5) is 14.7. The SMILES string of the molecule is NC1CCC(C(=O)N2CCN(S(=O)(=O)c3ccc4ccccc4c3)CC2)C1. The molecule has 1 aliphatic heterocycles. The lowest BCUT2D eigenvalue weighted by molar-refractivity contribution is -0.136. The molecule has 2 aromatic carbocycles. The normalized spacial score (nSPS) is 24.4. The van der Waals surface area contributed by atoms with Crippen LogP contribution in [0.15, 0.2) is 47.4 Å². The van der Waals surface area contributed by atoms with Crippen molar-refractivity contribution in [2.45, 2.75) is 30.2 Å². The van der Waals surface area contributed by atoms with Crippen LogP contribution in [0.5, 0.6) is 0 Å². The minimum Gasteiger partial charge on any atom is -0.340 e. The van der Waals surface area contributed by atoms with Crippen molar-refractivity contribution in [2.24, 2.45) is 11.7 Å². The predicted octanol–water partition coefficient (Wildman–Crippen LogP) is 1.80. The van der Waals surface area contributed by atoms with Crippen molar-refractivity contribution >= 4 is 26.7 Å². The Morgan fingerprint density at radius 2 is 1.67 bits per heavy atom. The summed E-state index contributed by atoms with van der Waals surface area (Å²) in [6, 6.07) is 13.1. The van der Waals surface area contributed by atoms with E-state index in [0.29, 0.717) is 31.1 Å². The van der Waals surface area contributed by atoms with Crippen molar-refractivity contribution in [2.75, 3.05) is 26.2 Å². The van der Waals surface area contributed by atoms with Crippen molar-refractivity contribution in [3.8, 4) is 0 Å². The average Bonchev–Trinajstić information content (AvgIpc) is 3.13. The molecule has 1 saturated heterocycles. The van der Waals surface area contributed by atoms with Crippen LogP contribution >= 0.6 is 0 Å². The van der Waals surface area contributed by atoms with Gasteiger partial charge in [0.1, 0.15) is 0 Å². The standard InChI is InChI=1S/C20H25N3O3S/c21-18-7-5-17(13-18)20(24)22-9-11-23(12-10-22)27(25,26)19-8-6-15-3-1-2-4-16(15)14-19/h1-4,6,8,14,17-18H,5,7,9-13,21H2. The quantitative estimate of drug-likeness (QED) is 0.870. The van der Waals surface area contributed by atoms with Crippen molar-refractivity contribution in [3.63, 3.8) is 0 Å². The Morgan fingerprint density at radius 3 is 2.33 bits per heavy atom. The zero-order valence-corrected chi connectivity index (χ0v) is 16.1. The first kappa shape index (κ1) is 18.4. The molecule has 4 rings (SSSR count). The van der Waals surface area contributed by atoms with Gasteiger partial charge >= 0.3 is 0 Å². The molecule has 2 N–H and O–H groups in total. The van der Waals surface area contributed by atoms with Gasteiger partial charge in [0.15, 0.2) is 0 Å². The van der Waals surface area contributed by atoms with Gasteiger partial charge in [0.05, 0.1) is 4.90 Å². The molecule has 1 heterocycles. The molecule has 2 unspecified atom stereocenters. The molecule has 0 bridgehead atoms. The number of amides is 1. The molecule has 1 aliphatic carbocycles. The zero-order valence-electron chi connectivity index (χ0n) is 15.3. The summed E-state index contributed by atoms with van der Waals surface area (Å²) in [6.07, 6.45) is 2.48. The molecule has 2 fully saturated rings. The second-order valence-electron chi connectivity index (χ2n) is 7.51. The van der Waals surface area contributed by atoms with E-state index in [1.807, 2.05) is 30.3 Å². The fourth-order valence-corrected chi connectivity index (χ4v) is 5.58. The summed E-state index contributed by atoms with van der Waals surface area (Å²) in [5, 5.41) is 1.92. The van der Waals surface area contributed by atoms with Crippen LogP contribution in [0.25, 0.3) is 10.8 Å². The van der Waals surface area contributed by atoms with E-state index in [1.54, 1.807) is 17.0 Å². The van der Waals surface area contributed by atoms with Crippen LogP contribution < -0.4 is 5.73 Å². The Morgan fingerprint density at radius 1 is 0.963 bits per heavy atom. The molecule has 144 valence electrons. The van der Waals surface area contributed by atoms with Crippen LogP contribution in [0.2, 0.25) is 0 Å². The molecule has 1 amide bonds. The van der Waals surface area contributed by atoms with E-state index in [1.165, 1.54) is 4.31 Å². The Labute approximate surface area is 160 Å². The van der Waals surface area contributed by atoms with Gasteiger partial charge in [0.25, 0.3) is 0 Å². The van der Waals surface area contributed by atoms with Crippen molar-refractivity contribution in [3.05, 3.63) is 42.5 Å². The monoisotopic (exact) mass is 387 g/mol. The van der Waals surface area contributed by atoms with Gasteiger partial charge in [-0.05, 0) is 42.2 Å². The highest BCUT2D eigenvalue weighted by Gasteiger charge is 2.35. The van der Waals surface area contributed by atoms with E-state index in [4.69, 9.17) is 5.73 Å². The number of nitrogens with two attached hydrogens (primary N) is 1. The molecule has 2 aliphatic rings. The summed E-state index contributed by atoms with van der Waals surface area (Å²) in [6.45, 7) is 1.55. The van der Waals surface area contributed by atoms with Crippen LogP contribution in [-0.4, -0.2) is 55.8 Å². The Bertz CT molecular complexity index is 952. The van der Waals surface area contributed by atoms with Gasteiger partial charge < -0.3 is 10.6 Å². The van der Waals surface area contributed by atoms with Gasteiger partial charge in [0.2, 0.25) is 15.9 Å². The average molecular weight is 388 g/mol. The number of benzene rings is 2. The van der Waals surface area contributed by atoms with Gasteiger partial charge in [-0.3, -0.25) is 4.79 Å². The predicted molar refractivity (Wildman–Crippen MR) is 105 cm³/mol. The lowest BCUT2D eigenvalue weighted by Crippen LogP contribution is -2.51. The number of sulfonamides is 1. The molecule has 0 aromatic heterocycles. The molecule has 6 nitrogen and oxygen atoms in total. The Kier molecular flexibility index (Phi) is 4.92. The van der Waals surface area contributed by atoms with Crippen molar-refractivity contribution in [1.29, 1.82) is 0 Å². The van der Waals surface area contributed by atoms with Crippen LogP contribution in [-0.2, 0) is 14.8 Å². The van der Waals surface area contributed by atoms with E-state index in [2.05, 4.69) is 0 Å². The first-order valence-corrected chi connectivity index (χ1v) is 10.9. The number of piperazine rings is 1. The minimum atomic E-state index is -3.56. The third kappa shape index (κ3) is 3.59. The molecule has 1 saturated carbocycles. The first-order chi connectivity index (χ1) is 12.9. The summed E-state index contributed by atoms with van der Waals surface area (Å²) in [5.74, 6) is 0.134. The highest BCUT2D eigenvalue weighted by atomic mass is 32.2. The third-order valence-corrected chi connectivity index (χ3v) is 7.63. The third-order valence-electron chi connectivity index (χ3n) is 5.73. The molecular weight excluding hydrogens is 362 g/mol. The maximum absolute atomic E-state index is 13.0. The fourth-order valence-electron chi connectivity index (χ4n) is 4.12. The Balaban J connectivity index is 1.45. The smallest absolute Gasteiger partial charge is 0.243 e. The lowest BCUT2D eigenvalue weighted by atomic mass is 10.1. The van der Waals surface area contributed by atoms with Gasteiger partial charge in [0, 0.05) is 38.1 Å². The number of carbonyl (C=O) groups excluding carboxylic acids is 1. The minimum absolute atomic E-state index is 0.00337. The molecule has 2 aromatic rings. The molecule has 0 spiro atoms. The fraction of sp³-hybridized carbons (Fsp3) is 0.450. The molecule has 0 radical (unpaired) electrons. The van der Waals surface area contributed by atoms with Crippen LogP contribution in [0, 0.1) is 5.92 Å². The van der Waals surface area contributed by atoms with E-state index < -0.39 is 10.0 Å². The van der Waals surface area contributed by atoms with E-state index >= 15 is 0 Å². The lowest BCUT2D eigenvalue weighted by Gasteiger charge is -2.35. The van der Waals surface area contributed by atoms with E-state index in [0.717, 1.165) is 30.0 Å². The maximum Gasteiger partial charge on any atom is 0.243 e. The highest BCUT2D eigenvalue weighted by Crippen LogP contribution is 2.27. The van der Waals surface area contributed by atoms with Gasteiger partial charge in [-0.1, -0.05) is 30.3 Å². The summed E-state index contributed by atoms with van der Waals surface area (Å²) >= 11 is 0. The topological polar surface area (TPSA) is 83.7 Å². The number of hydrogen-bond donors (Lipinski definition) is 1.